The highest BCUT2D eigenvalue weighted by molar-refractivity contribution is 9.10. The van der Waals surface area contributed by atoms with Crippen molar-refractivity contribution in [2.45, 2.75) is 26.0 Å². The first-order valence-corrected chi connectivity index (χ1v) is 7.44. The summed E-state index contributed by atoms with van der Waals surface area (Å²) < 4.78 is 6.01. The molecule has 1 aliphatic rings. The molecule has 1 fully saturated rings. The molecule has 2 rings (SSSR count). The van der Waals surface area contributed by atoms with E-state index in [0.29, 0.717) is 12.2 Å². The number of rotatable bonds is 4. The maximum atomic E-state index is 12.1. The predicted molar refractivity (Wildman–Crippen MR) is 78.6 cm³/mol. The molecule has 6 nitrogen and oxygen atoms in total. The first kappa shape index (κ1) is 15.9. The lowest BCUT2D eigenvalue weighted by Gasteiger charge is -2.39. The van der Waals surface area contributed by atoms with E-state index in [-0.39, 0.29) is 18.4 Å². The van der Waals surface area contributed by atoms with Gasteiger partial charge in [0.2, 0.25) is 5.91 Å². The molecule has 0 saturated carbocycles. The van der Waals surface area contributed by atoms with E-state index in [1.54, 1.807) is 23.2 Å². The van der Waals surface area contributed by atoms with Crippen LogP contribution in [0.1, 0.15) is 25.6 Å². The molecule has 2 heterocycles. The largest absolute Gasteiger partial charge is 0.479 e. The number of carbonyl (C=O) groups is 2. The zero-order valence-corrected chi connectivity index (χ0v) is 13.4. The van der Waals surface area contributed by atoms with E-state index in [1.807, 2.05) is 13.8 Å². The van der Waals surface area contributed by atoms with Gasteiger partial charge in [-0.25, -0.2) is 4.79 Å². The third-order valence-corrected chi connectivity index (χ3v) is 3.66. The van der Waals surface area contributed by atoms with Gasteiger partial charge in [0.1, 0.15) is 12.6 Å². The van der Waals surface area contributed by atoms with E-state index >= 15 is 0 Å². The molecule has 0 radical (unpaired) electrons. The van der Waals surface area contributed by atoms with Gasteiger partial charge in [0.05, 0.1) is 5.69 Å². The van der Waals surface area contributed by atoms with Crippen LogP contribution >= 0.6 is 15.9 Å². The fourth-order valence-corrected chi connectivity index (χ4v) is 2.58. The van der Waals surface area contributed by atoms with Crippen LogP contribution in [0.5, 0.6) is 0 Å². The molecular formula is C14H17BrN2O4. The number of morpholine rings is 1. The SMILES string of the molecule is CC(C)CN1C(=O)COC(C(=O)O)C1c1ccc(Br)cn1. The van der Waals surface area contributed by atoms with E-state index in [4.69, 9.17) is 4.74 Å². The average Bonchev–Trinajstić information content (AvgIpc) is 2.41. The minimum Gasteiger partial charge on any atom is -0.479 e. The van der Waals surface area contributed by atoms with Crippen molar-refractivity contribution in [3.63, 3.8) is 0 Å². The Balaban J connectivity index is 2.40. The summed E-state index contributed by atoms with van der Waals surface area (Å²) in [6.45, 7) is 4.21. The van der Waals surface area contributed by atoms with Crippen LogP contribution in [0.25, 0.3) is 0 Å². The van der Waals surface area contributed by atoms with Crippen LogP contribution < -0.4 is 0 Å². The number of amides is 1. The minimum absolute atomic E-state index is 0.212. The third-order valence-electron chi connectivity index (χ3n) is 3.19. The summed E-state index contributed by atoms with van der Waals surface area (Å²) in [7, 11) is 0. The van der Waals surface area contributed by atoms with Crippen molar-refractivity contribution in [3.8, 4) is 0 Å². The van der Waals surface area contributed by atoms with Gasteiger partial charge in [0.15, 0.2) is 6.10 Å². The van der Waals surface area contributed by atoms with Gasteiger partial charge in [-0.3, -0.25) is 9.78 Å². The second-order valence-corrected chi connectivity index (χ2v) is 6.27. The molecule has 1 N–H and O–H groups in total. The van der Waals surface area contributed by atoms with Gasteiger partial charge in [0, 0.05) is 17.2 Å². The Morgan fingerprint density at radius 3 is 2.81 bits per heavy atom. The lowest BCUT2D eigenvalue weighted by molar-refractivity contribution is -0.174. The first-order valence-electron chi connectivity index (χ1n) is 6.65. The number of halogens is 1. The minimum atomic E-state index is -1.10. The second-order valence-electron chi connectivity index (χ2n) is 5.36. The van der Waals surface area contributed by atoms with Crippen LogP contribution in [-0.2, 0) is 14.3 Å². The van der Waals surface area contributed by atoms with Crippen LogP contribution in [0, 0.1) is 5.92 Å². The Kier molecular flexibility index (Phi) is 4.95. The Labute approximate surface area is 131 Å². The van der Waals surface area contributed by atoms with Crippen molar-refractivity contribution < 1.29 is 19.4 Å². The number of carboxylic acid groups (broad SMARTS) is 1. The molecule has 0 spiro atoms. The number of carboxylic acids is 1. The highest BCUT2D eigenvalue weighted by Crippen LogP contribution is 2.30. The van der Waals surface area contributed by atoms with Crippen LogP contribution in [0.2, 0.25) is 0 Å². The van der Waals surface area contributed by atoms with Gasteiger partial charge in [-0.1, -0.05) is 13.8 Å². The molecule has 0 aliphatic carbocycles. The number of carbonyl (C=O) groups excluding carboxylic acids is 1. The summed E-state index contributed by atoms with van der Waals surface area (Å²) in [5.41, 5.74) is 0.513. The smallest absolute Gasteiger partial charge is 0.335 e. The Hall–Kier alpha value is -1.47. The Bertz CT molecular complexity index is 532. The lowest BCUT2D eigenvalue weighted by Crippen LogP contribution is -2.53. The van der Waals surface area contributed by atoms with Gasteiger partial charge in [0.25, 0.3) is 0 Å². The maximum absolute atomic E-state index is 12.1. The lowest BCUT2D eigenvalue weighted by atomic mass is 10.0. The summed E-state index contributed by atoms with van der Waals surface area (Å²) in [5, 5.41) is 9.36. The number of ether oxygens (including phenoxy) is 1. The monoisotopic (exact) mass is 356 g/mol. The number of aromatic nitrogens is 1. The summed E-state index contributed by atoms with van der Waals surface area (Å²) in [5.74, 6) is -1.08. The third kappa shape index (κ3) is 3.59. The zero-order valence-electron chi connectivity index (χ0n) is 11.8. The molecule has 0 aromatic carbocycles. The van der Waals surface area contributed by atoms with Gasteiger partial charge in [-0.2, -0.15) is 0 Å². The van der Waals surface area contributed by atoms with E-state index < -0.39 is 18.1 Å². The van der Waals surface area contributed by atoms with E-state index in [1.165, 1.54) is 0 Å². The number of hydrogen-bond donors (Lipinski definition) is 1. The van der Waals surface area contributed by atoms with Gasteiger partial charge in [-0.15, -0.1) is 0 Å². The summed E-state index contributed by atoms with van der Waals surface area (Å²) in [6.07, 6.45) is 0.482. The molecule has 2 atom stereocenters. The van der Waals surface area contributed by atoms with E-state index in [9.17, 15) is 14.7 Å². The molecule has 7 heteroatoms. The molecule has 1 aromatic heterocycles. The standard InChI is InChI=1S/C14H17BrN2O4/c1-8(2)6-17-11(18)7-21-13(14(19)20)12(17)10-4-3-9(15)5-16-10/h3-5,8,12-13H,6-7H2,1-2H3,(H,19,20). The van der Waals surface area contributed by atoms with Gasteiger partial charge >= 0.3 is 5.97 Å². The molecular weight excluding hydrogens is 340 g/mol. The number of hydrogen-bond acceptors (Lipinski definition) is 4. The number of pyridine rings is 1. The van der Waals surface area contributed by atoms with Crippen molar-refractivity contribution in [1.82, 2.24) is 9.88 Å². The molecule has 1 amide bonds. The Morgan fingerprint density at radius 1 is 1.57 bits per heavy atom. The van der Waals surface area contributed by atoms with Gasteiger partial charge in [-0.05, 0) is 34.0 Å². The highest BCUT2D eigenvalue weighted by Gasteiger charge is 2.42. The van der Waals surface area contributed by atoms with Crippen LogP contribution in [-0.4, -0.2) is 46.1 Å². The van der Waals surface area contributed by atoms with Gasteiger partial charge < -0.3 is 14.7 Å². The molecule has 114 valence electrons. The van der Waals surface area contributed by atoms with Crippen molar-refractivity contribution in [2.24, 2.45) is 5.92 Å². The molecule has 0 bridgehead atoms. The topological polar surface area (TPSA) is 79.7 Å². The molecule has 1 aromatic rings. The predicted octanol–water partition coefficient (Wildman–Crippen LogP) is 1.85. The number of nitrogens with zero attached hydrogens (tertiary/aromatic N) is 2. The van der Waals surface area contributed by atoms with Crippen molar-refractivity contribution >= 4 is 27.8 Å². The molecule has 2 unspecified atom stereocenters. The second kappa shape index (κ2) is 6.53. The highest BCUT2D eigenvalue weighted by atomic mass is 79.9. The van der Waals surface area contributed by atoms with E-state index in [0.717, 1.165) is 4.47 Å². The fourth-order valence-electron chi connectivity index (χ4n) is 2.35. The summed E-state index contributed by atoms with van der Waals surface area (Å²) >= 11 is 3.29. The summed E-state index contributed by atoms with van der Waals surface area (Å²) in [6, 6.07) is 2.77. The van der Waals surface area contributed by atoms with Crippen molar-refractivity contribution in [3.05, 3.63) is 28.5 Å². The van der Waals surface area contributed by atoms with Crippen molar-refractivity contribution in [1.29, 1.82) is 0 Å². The fraction of sp³-hybridized carbons (Fsp3) is 0.500. The van der Waals surface area contributed by atoms with Crippen molar-refractivity contribution in [2.75, 3.05) is 13.2 Å². The quantitative estimate of drug-likeness (QED) is 0.890. The summed E-state index contributed by atoms with van der Waals surface area (Å²) in [4.78, 5) is 29.4. The Morgan fingerprint density at radius 2 is 2.29 bits per heavy atom. The zero-order chi connectivity index (χ0) is 15.6. The molecule has 21 heavy (non-hydrogen) atoms. The number of aliphatic carboxylic acids is 1. The molecule has 1 aliphatic heterocycles. The maximum Gasteiger partial charge on any atom is 0.335 e. The van der Waals surface area contributed by atoms with Crippen LogP contribution in [0.3, 0.4) is 0 Å². The van der Waals surface area contributed by atoms with E-state index in [2.05, 4.69) is 20.9 Å². The average molecular weight is 357 g/mol. The van der Waals surface area contributed by atoms with Crippen LogP contribution in [0.15, 0.2) is 22.8 Å². The first-order chi connectivity index (χ1) is 9.90. The molecule has 1 saturated heterocycles. The van der Waals surface area contributed by atoms with Crippen LogP contribution in [0.4, 0.5) is 0 Å². The normalized spacial score (nSPS) is 22.7.